The average molecular weight is 495 g/mol. The Labute approximate surface area is 192 Å². The van der Waals surface area contributed by atoms with Crippen molar-refractivity contribution in [3.8, 4) is 22.6 Å². The topological polar surface area (TPSA) is 52.8 Å². The number of benzene rings is 1. The molecule has 4 rings (SSSR count). The number of aryl methyl sites for hydroxylation is 1. The van der Waals surface area contributed by atoms with E-state index in [9.17, 15) is 0 Å². The number of fused-ring (bicyclic) bond motifs is 1. The molecule has 0 saturated heterocycles. The number of ether oxygens (including phenoxy) is 1. The Hall–Kier alpha value is -2.35. The second kappa shape index (κ2) is 9.02. The van der Waals surface area contributed by atoms with Gasteiger partial charge in [-0.2, -0.15) is 19.6 Å². The predicted octanol–water partition coefficient (Wildman–Crippen LogP) is 6.54. The van der Waals surface area contributed by atoms with Crippen molar-refractivity contribution in [3.63, 3.8) is 0 Å². The van der Waals surface area contributed by atoms with Gasteiger partial charge in [0.1, 0.15) is 6.73 Å². The van der Waals surface area contributed by atoms with Crippen molar-refractivity contribution >= 4 is 34.9 Å². The van der Waals surface area contributed by atoms with Crippen molar-refractivity contribution in [2.45, 2.75) is 39.3 Å². The number of hydrogen-bond acceptors (Lipinski definition) is 4. The molecule has 0 radical (unpaired) electrons. The molecule has 5 nitrogen and oxygen atoms in total. The predicted molar refractivity (Wildman–Crippen MR) is 133 cm³/mol. The van der Waals surface area contributed by atoms with Crippen LogP contribution in [0.4, 0.5) is 0 Å². The van der Waals surface area contributed by atoms with Gasteiger partial charge in [-0.05, 0) is 53.2 Å². The minimum atomic E-state index is -1.13. The van der Waals surface area contributed by atoms with Crippen molar-refractivity contribution in [2.24, 2.45) is 0 Å². The summed E-state index contributed by atoms with van der Waals surface area (Å²) >= 11 is 3.52. The Balaban J connectivity index is 1.73. The third-order valence-corrected chi connectivity index (χ3v) is 7.25. The second-order valence-electron chi connectivity index (χ2n) is 8.98. The van der Waals surface area contributed by atoms with Crippen LogP contribution in [0.3, 0.4) is 0 Å². The molecule has 0 aliphatic heterocycles. The molecular formula is C24H27BrN4OSi-. The molecule has 161 valence electrons. The maximum absolute atomic E-state index is 6.04. The normalized spacial score (nSPS) is 11.9. The summed E-state index contributed by atoms with van der Waals surface area (Å²) in [4.78, 5) is 14.0. The van der Waals surface area contributed by atoms with E-state index in [1.54, 1.807) is 0 Å². The molecule has 7 heteroatoms. The van der Waals surface area contributed by atoms with Gasteiger partial charge in [0, 0.05) is 33.9 Å². The monoisotopic (exact) mass is 494 g/mol. The van der Waals surface area contributed by atoms with E-state index >= 15 is 0 Å². The van der Waals surface area contributed by atoms with Gasteiger partial charge in [0.25, 0.3) is 0 Å². The van der Waals surface area contributed by atoms with Gasteiger partial charge < -0.3 is 9.30 Å². The van der Waals surface area contributed by atoms with Crippen LogP contribution in [0.5, 0.6) is 0 Å². The first-order valence-electron chi connectivity index (χ1n) is 10.4. The fourth-order valence-electron chi connectivity index (χ4n) is 3.43. The van der Waals surface area contributed by atoms with E-state index in [1.165, 1.54) is 0 Å². The van der Waals surface area contributed by atoms with Gasteiger partial charge in [-0.15, -0.1) is 14.1 Å². The second-order valence-corrected chi connectivity index (χ2v) is 15.5. The molecule has 0 N–H and O–H groups in total. The van der Waals surface area contributed by atoms with Crippen molar-refractivity contribution in [2.75, 3.05) is 6.61 Å². The number of halogens is 1. The van der Waals surface area contributed by atoms with E-state index in [4.69, 9.17) is 14.7 Å². The number of pyridine rings is 2. The Morgan fingerprint density at radius 2 is 1.90 bits per heavy atom. The largest absolute Gasteiger partial charge is 0.364 e. The maximum Gasteiger partial charge on any atom is 0.124 e. The smallest absolute Gasteiger partial charge is 0.124 e. The lowest BCUT2D eigenvalue weighted by Gasteiger charge is -2.26. The first kappa shape index (κ1) is 21.9. The van der Waals surface area contributed by atoms with Crippen LogP contribution in [0.2, 0.25) is 25.7 Å². The van der Waals surface area contributed by atoms with Crippen molar-refractivity contribution in [3.05, 3.63) is 65.2 Å². The lowest BCUT2D eigenvalue weighted by Crippen LogP contribution is -2.22. The van der Waals surface area contributed by atoms with Gasteiger partial charge >= 0.3 is 0 Å². The van der Waals surface area contributed by atoms with E-state index in [-0.39, 0.29) is 0 Å². The molecule has 1 aromatic carbocycles. The first-order valence-corrected chi connectivity index (χ1v) is 14.9. The first-order chi connectivity index (χ1) is 14.8. The molecular weight excluding hydrogens is 468 g/mol. The molecule has 3 heterocycles. The highest BCUT2D eigenvalue weighted by molar-refractivity contribution is 9.10. The minimum absolute atomic E-state index is 0.461. The highest BCUT2D eigenvalue weighted by Gasteiger charge is 2.17. The molecule has 4 aromatic rings. The van der Waals surface area contributed by atoms with Gasteiger partial charge in [-0.25, -0.2) is 4.98 Å². The summed E-state index contributed by atoms with van der Waals surface area (Å²) < 4.78 is 9.05. The van der Waals surface area contributed by atoms with Crippen LogP contribution >= 0.6 is 15.9 Å². The molecule has 31 heavy (non-hydrogen) atoms. The Kier molecular flexibility index (Phi) is 6.36. The lowest BCUT2D eigenvalue weighted by molar-refractivity contribution is 0.0881. The van der Waals surface area contributed by atoms with Gasteiger partial charge in [0.05, 0.1) is 28.9 Å². The molecule has 0 bridgehead atoms. The van der Waals surface area contributed by atoms with E-state index in [0.717, 1.165) is 56.4 Å². The zero-order chi connectivity index (χ0) is 22.0. The fraction of sp³-hybridized carbons (Fsp3) is 0.292. The van der Waals surface area contributed by atoms with E-state index in [1.807, 2.05) is 43.7 Å². The number of aromatic nitrogens is 4. The van der Waals surface area contributed by atoms with Crippen LogP contribution in [0.1, 0.15) is 5.69 Å². The summed E-state index contributed by atoms with van der Waals surface area (Å²) in [6.07, 6.45) is 3.67. The van der Waals surface area contributed by atoms with E-state index in [0.29, 0.717) is 6.73 Å². The number of imidazole rings is 1. The number of nitrogens with zero attached hydrogens (tertiary/aromatic N) is 4. The summed E-state index contributed by atoms with van der Waals surface area (Å²) in [5, 5.41) is 1.07. The number of rotatable bonds is 7. The van der Waals surface area contributed by atoms with E-state index in [2.05, 4.69) is 63.3 Å². The molecule has 0 saturated carbocycles. The lowest BCUT2D eigenvalue weighted by atomic mass is 10.1. The molecule has 3 aromatic heterocycles. The van der Waals surface area contributed by atoms with Crippen LogP contribution in [0.15, 0.2) is 59.5 Å². The van der Waals surface area contributed by atoms with Crippen LogP contribution in [-0.4, -0.2) is 34.2 Å². The highest BCUT2D eigenvalue weighted by atomic mass is 79.9. The molecule has 0 atom stereocenters. The van der Waals surface area contributed by atoms with Crippen molar-refractivity contribution in [1.82, 2.24) is 19.5 Å². The SMILES string of the molecule is Cc1cccc(-c2c(-c3ccc4ncc(Br)cc4c3)ncn2COCC[Si-](C)(C)C)n1. The third-order valence-electron chi connectivity index (χ3n) is 5.12. The molecule has 0 spiro atoms. The average Bonchev–Trinajstić information content (AvgIpc) is 3.14. The third kappa shape index (κ3) is 5.29. The Morgan fingerprint density at radius 3 is 2.68 bits per heavy atom. The maximum atomic E-state index is 6.04. The van der Waals surface area contributed by atoms with Crippen LogP contribution in [0, 0.1) is 6.92 Å². The quantitative estimate of drug-likeness (QED) is 0.216. The standard InChI is InChI=1S/C24H27BrN4OSi/c1-17-6-5-7-22(28-17)24-23(27-15-29(24)16-30-10-11-31(2,3)4)18-8-9-21-19(12-18)13-20(25)14-26-21/h5-9,12-15H,10-11,16H2,1-4H3/q-1. The van der Waals surface area contributed by atoms with Crippen LogP contribution in [0.25, 0.3) is 33.5 Å². The summed E-state index contributed by atoms with van der Waals surface area (Å²) in [7, 11) is -1.13. The van der Waals surface area contributed by atoms with Crippen LogP contribution in [-0.2, 0) is 11.5 Å². The van der Waals surface area contributed by atoms with Gasteiger partial charge in [0.2, 0.25) is 0 Å². The Bertz CT molecular complexity index is 1220. The number of hydrogen-bond donors (Lipinski definition) is 0. The fourth-order valence-corrected chi connectivity index (χ4v) is 4.53. The molecule has 0 unspecified atom stereocenters. The summed E-state index contributed by atoms with van der Waals surface area (Å²) in [5.41, 5.74) is 5.73. The zero-order valence-corrected chi connectivity index (χ0v) is 21.0. The van der Waals surface area contributed by atoms with Gasteiger partial charge in [0.15, 0.2) is 0 Å². The molecule has 0 aliphatic rings. The van der Waals surface area contributed by atoms with Gasteiger partial charge in [-0.3, -0.25) is 9.97 Å². The van der Waals surface area contributed by atoms with Crippen LogP contribution < -0.4 is 0 Å². The highest BCUT2D eigenvalue weighted by Crippen LogP contribution is 2.32. The molecule has 0 fully saturated rings. The van der Waals surface area contributed by atoms with Crippen molar-refractivity contribution < 1.29 is 4.74 Å². The summed E-state index contributed by atoms with van der Waals surface area (Å²) in [6, 6.07) is 15.5. The zero-order valence-electron chi connectivity index (χ0n) is 18.4. The minimum Gasteiger partial charge on any atom is -0.364 e. The Morgan fingerprint density at radius 1 is 1.06 bits per heavy atom. The van der Waals surface area contributed by atoms with Gasteiger partial charge in [-0.1, -0.05) is 12.1 Å². The van der Waals surface area contributed by atoms with Crippen molar-refractivity contribution in [1.29, 1.82) is 0 Å². The van der Waals surface area contributed by atoms with E-state index < -0.39 is 8.07 Å². The molecule has 0 amide bonds. The summed E-state index contributed by atoms with van der Waals surface area (Å²) in [6.45, 7) is 10.3. The summed E-state index contributed by atoms with van der Waals surface area (Å²) in [5.74, 6) is 0. The molecule has 0 aliphatic carbocycles.